The van der Waals surface area contributed by atoms with Crippen molar-refractivity contribution < 1.29 is 18.4 Å². The minimum Gasteiger partial charge on any atom is -0.468 e. The Balaban J connectivity index is 1.32. The number of piperazine rings is 1. The molecule has 0 radical (unpaired) electrons. The highest BCUT2D eigenvalue weighted by atomic mass is 19.1. The Kier molecular flexibility index (Phi) is 7.59. The molecule has 0 bridgehead atoms. The van der Waals surface area contributed by atoms with E-state index in [1.807, 2.05) is 48.2 Å². The van der Waals surface area contributed by atoms with E-state index in [0.717, 1.165) is 11.1 Å². The Labute approximate surface area is 198 Å². The lowest BCUT2D eigenvalue weighted by Gasteiger charge is -2.39. The Morgan fingerprint density at radius 1 is 0.941 bits per heavy atom. The smallest absolute Gasteiger partial charge is 0.309 e. The van der Waals surface area contributed by atoms with Gasteiger partial charge in [0.05, 0.1) is 18.0 Å². The first-order valence-corrected chi connectivity index (χ1v) is 11.4. The summed E-state index contributed by atoms with van der Waals surface area (Å²) >= 11 is 0. The van der Waals surface area contributed by atoms with Crippen molar-refractivity contribution >= 4 is 17.5 Å². The molecule has 178 valence electrons. The molecule has 1 aliphatic rings. The number of hydrogen-bond acceptors (Lipinski definition) is 5. The number of rotatable bonds is 7. The Morgan fingerprint density at radius 3 is 2.32 bits per heavy atom. The molecule has 2 aromatic carbocycles. The number of nitrogens with one attached hydrogen (secondary N) is 2. The minimum atomic E-state index is -0.686. The van der Waals surface area contributed by atoms with Gasteiger partial charge in [-0.15, -0.1) is 0 Å². The van der Waals surface area contributed by atoms with Crippen LogP contribution in [0.15, 0.2) is 71.3 Å². The zero-order valence-corrected chi connectivity index (χ0v) is 19.2. The zero-order valence-electron chi connectivity index (χ0n) is 19.2. The quantitative estimate of drug-likeness (QED) is 0.526. The van der Waals surface area contributed by atoms with Crippen molar-refractivity contribution in [2.45, 2.75) is 19.5 Å². The normalized spacial score (nSPS) is 15.1. The number of carbonyl (C=O) groups excluding carboxylic acids is 2. The molecule has 1 aromatic heterocycles. The van der Waals surface area contributed by atoms with Crippen LogP contribution < -0.4 is 15.5 Å². The predicted molar refractivity (Wildman–Crippen MR) is 128 cm³/mol. The van der Waals surface area contributed by atoms with E-state index in [4.69, 9.17) is 4.42 Å². The topological polar surface area (TPSA) is 77.8 Å². The molecular weight excluding hydrogens is 435 g/mol. The number of nitrogens with zero attached hydrogens (tertiary/aromatic N) is 2. The molecule has 1 atom stereocenters. The second-order valence-electron chi connectivity index (χ2n) is 8.38. The van der Waals surface area contributed by atoms with Crippen LogP contribution in [0.5, 0.6) is 0 Å². The van der Waals surface area contributed by atoms with Crippen LogP contribution in [0, 0.1) is 12.7 Å². The summed E-state index contributed by atoms with van der Waals surface area (Å²) in [5, 5.41) is 5.39. The molecular formula is C26H29FN4O3. The van der Waals surface area contributed by atoms with Crippen molar-refractivity contribution in [1.82, 2.24) is 15.5 Å². The summed E-state index contributed by atoms with van der Waals surface area (Å²) in [7, 11) is 0. The highest BCUT2D eigenvalue weighted by Gasteiger charge is 2.28. The summed E-state index contributed by atoms with van der Waals surface area (Å²) in [4.78, 5) is 28.9. The third-order valence-corrected chi connectivity index (χ3v) is 6.06. The first-order valence-electron chi connectivity index (χ1n) is 11.4. The van der Waals surface area contributed by atoms with Gasteiger partial charge in [0.25, 0.3) is 0 Å². The molecule has 0 aliphatic carbocycles. The highest BCUT2D eigenvalue weighted by molar-refractivity contribution is 6.35. The third kappa shape index (κ3) is 5.82. The fourth-order valence-electron chi connectivity index (χ4n) is 4.11. The molecule has 1 aliphatic heterocycles. The van der Waals surface area contributed by atoms with Crippen LogP contribution in [0.3, 0.4) is 0 Å². The Bertz CT molecular complexity index is 1090. The number of carbonyl (C=O) groups is 2. The van der Waals surface area contributed by atoms with Crippen molar-refractivity contribution in [3.8, 4) is 0 Å². The highest BCUT2D eigenvalue weighted by Crippen LogP contribution is 2.25. The lowest BCUT2D eigenvalue weighted by atomic mass is 10.1. The van der Waals surface area contributed by atoms with Gasteiger partial charge in [0.2, 0.25) is 0 Å². The third-order valence-electron chi connectivity index (χ3n) is 6.06. The molecule has 0 unspecified atom stereocenters. The van der Waals surface area contributed by atoms with Gasteiger partial charge in [0.1, 0.15) is 11.6 Å². The van der Waals surface area contributed by atoms with Crippen molar-refractivity contribution in [1.29, 1.82) is 0 Å². The van der Waals surface area contributed by atoms with E-state index in [9.17, 15) is 14.0 Å². The van der Waals surface area contributed by atoms with Crippen molar-refractivity contribution in [2.24, 2.45) is 0 Å². The molecule has 0 spiro atoms. The second kappa shape index (κ2) is 11.0. The van der Waals surface area contributed by atoms with E-state index < -0.39 is 11.8 Å². The number of anilines is 1. The van der Waals surface area contributed by atoms with Gasteiger partial charge in [-0.05, 0) is 36.8 Å². The molecule has 2 heterocycles. The van der Waals surface area contributed by atoms with Gasteiger partial charge in [-0.3, -0.25) is 14.5 Å². The lowest BCUT2D eigenvalue weighted by molar-refractivity contribution is -0.139. The van der Waals surface area contributed by atoms with E-state index in [1.54, 1.807) is 24.5 Å². The summed E-state index contributed by atoms with van der Waals surface area (Å²) in [6, 6.07) is 17.9. The molecule has 1 fully saturated rings. The van der Waals surface area contributed by atoms with E-state index >= 15 is 0 Å². The van der Waals surface area contributed by atoms with Gasteiger partial charge in [0, 0.05) is 39.3 Å². The average molecular weight is 465 g/mol. The standard InChI is InChI=1S/C26H29FN4O3/c1-19-8-10-20(11-9-19)17-28-25(32)26(33)29-18-23(24-7-4-16-34-24)31-14-12-30(13-15-31)22-6-3-2-5-21(22)27/h2-11,16,23H,12-15,17-18H2,1H3,(H,28,32)(H,29,33)/t23-/m1/s1. The lowest BCUT2D eigenvalue weighted by Crippen LogP contribution is -2.51. The Morgan fingerprint density at radius 2 is 1.65 bits per heavy atom. The van der Waals surface area contributed by atoms with Crippen molar-refractivity contribution in [3.63, 3.8) is 0 Å². The van der Waals surface area contributed by atoms with E-state index in [2.05, 4.69) is 15.5 Å². The number of para-hydroxylation sites is 1. The predicted octanol–water partition coefficient (Wildman–Crippen LogP) is 3.02. The van der Waals surface area contributed by atoms with Gasteiger partial charge in [-0.25, -0.2) is 4.39 Å². The van der Waals surface area contributed by atoms with Gasteiger partial charge in [-0.2, -0.15) is 0 Å². The number of hydrogen-bond donors (Lipinski definition) is 2. The largest absolute Gasteiger partial charge is 0.468 e. The monoisotopic (exact) mass is 464 g/mol. The van der Waals surface area contributed by atoms with Crippen LogP contribution in [-0.4, -0.2) is 49.4 Å². The van der Waals surface area contributed by atoms with Crippen LogP contribution in [0.1, 0.15) is 22.9 Å². The first-order chi connectivity index (χ1) is 16.5. The van der Waals surface area contributed by atoms with Crippen LogP contribution in [-0.2, 0) is 16.1 Å². The summed E-state index contributed by atoms with van der Waals surface area (Å²) < 4.78 is 19.8. The maximum atomic E-state index is 14.2. The van der Waals surface area contributed by atoms with Crippen LogP contribution >= 0.6 is 0 Å². The first kappa shape index (κ1) is 23.5. The summed E-state index contributed by atoms with van der Waals surface area (Å²) in [6.07, 6.45) is 1.59. The fourth-order valence-corrected chi connectivity index (χ4v) is 4.11. The van der Waals surface area contributed by atoms with Crippen molar-refractivity contribution in [3.05, 3.63) is 89.6 Å². The van der Waals surface area contributed by atoms with Gasteiger partial charge in [-0.1, -0.05) is 42.0 Å². The molecule has 7 nitrogen and oxygen atoms in total. The SMILES string of the molecule is Cc1ccc(CNC(=O)C(=O)NC[C@H](c2ccco2)N2CCN(c3ccccc3F)CC2)cc1. The fraction of sp³-hybridized carbons (Fsp3) is 0.308. The van der Waals surface area contributed by atoms with E-state index in [-0.39, 0.29) is 24.9 Å². The molecule has 1 saturated heterocycles. The Hall–Kier alpha value is -3.65. The summed E-state index contributed by atoms with van der Waals surface area (Å²) in [6.45, 7) is 5.11. The van der Waals surface area contributed by atoms with Crippen LogP contribution in [0.25, 0.3) is 0 Å². The number of furan rings is 1. The number of benzene rings is 2. The molecule has 34 heavy (non-hydrogen) atoms. The average Bonchev–Trinajstić information content (AvgIpc) is 3.39. The van der Waals surface area contributed by atoms with Crippen molar-refractivity contribution in [2.75, 3.05) is 37.6 Å². The summed E-state index contributed by atoms with van der Waals surface area (Å²) in [5.74, 6) is -0.890. The molecule has 2 N–H and O–H groups in total. The summed E-state index contributed by atoms with van der Waals surface area (Å²) in [5.41, 5.74) is 2.65. The number of aryl methyl sites for hydroxylation is 1. The van der Waals surface area contributed by atoms with E-state index in [1.165, 1.54) is 6.07 Å². The molecule has 3 aromatic rings. The van der Waals surface area contributed by atoms with Gasteiger partial charge < -0.3 is 20.0 Å². The zero-order chi connectivity index (χ0) is 23.9. The van der Waals surface area contributed by atoms with Gasteiger partial charge >= 0.3 is 11.8 Å². The number of amides is 2. The molecule has 2 amide bonds. The molecule has 8 heteroatoms. The maximum Gasteiger partial charge on any atom is 0.309 e. The van der Waals surface area contributed by atoms with Gasteiger partial charge in [0.15, 0.2) is 0 Å². The minimum absolute atomic E-state index is 0.226. The van der Waals surface area contributed by atoms with Crippen LogP contribution in [0.4, 0.5) is 10.1 Å². The second-order valence-corrected chi connectivity index (χ2v) is 8.38. The van der Waals surface area contributed by atoms with E-state index in [0.29, 0.717) is 37.6 Å². The number of halogens is 1. The van der Waals surface area contributed by atoms with Crippen LogP contribution in [0.2, 0.25) is 0 Å². The maximum absolute atomic E-state index is 14.2. The molecule has 4 rings (SSSR count). The molecule has 0 saturated carbocycles.